The molecule has 0 aliphatic carbocycles. The molecule has 188 valence electrons. The van der Waals surface area contributed by atoms with Crippen LogP contribution in [0.5, 0.6) is 5.75 Å². The van der Waals surface area contributed by atoms with E-state index in [0.717, 1.165) is 48.6 Å². The van der Waals surface area contributed by atoms with Crippen molar-refractivity contribution in [2.24, 2.45) is 13.0 Å². The van der Waals surface area contributed by atoms with Gasteiger partial charge in [-0.05, 0) is 61.4 Å². The maximum absolute atomic E-state index is 13.4. The van der Waals surface area contributed by atoms with Crippen molar-refractivity contribution in [2.45, 2.75) is 33.1 Å². The number of nitrogens with zero attached hydrogens (tertiary/aromatic N) is 4. The number of pyridine rings is 1. The van der Waals surface area contributed by atoms with E-state index in [9.17, 15) is 14.9 Å². The molecule has 2 saturated heterocycles. The smallest absolute Gasteiger partial charge is 0.270 e. The van der Waals surface area contributed by atoms with Gasteiger partial charge in [-0.15, -0.1) is 0 Å². The average Bonchev–Trinajstić information content (AvgIpc) is 3.14. The number of rotatable bonds is 6. The van der Waals surface area contributed by atoms with E-state index in [1.807, 2.05) is 30.3 Å². The number of ether oxygens (including phenoxy) is 1. The van der Waals surface area contributed by atoms with Crippen molar-refractivity contribution in [1.29, 1.82) is 5.26 Å². The van der Waals surface area contributed by atoms with Crippen LogP contribution in [0.1, 0.15) is 42.0 Å². The molecule has 0 spiro atoms. The number of thiocarbonyl (C=S) groups is 1. The predicted octanol–water partition coefficient (Wildman–Crippen LogP) is 4.25. The number of carbonyl (C=O) groups excluding carboxylic acids is 1. The molecule has 0 unspecified atom stereocenters. The SMILES string of the molecule is COc1ccc(CCN2C(=O)C(=Cc3c(C)c(C#N)c(=O)n(C)c3N3CCC(C)CC3)SC2=S)cc1. The van der Waals surface area contributed by atoms with Crippen LogP contribution in [-0.2, 0) is 18.3 Å². The van der Waals surface area contributed by atoms with Crippen LogP contribution in [0.15, 0.2) is 34.0 Å². The van der Waals surface area contributed by atoms with Crippen LogP contribution >= 0.6 is 24.0 Å². The summed E-state index contributed by atoms with van der Waals surface area (Å²) in [6.07, 6.45) is 4.54. The first-order chi connectivity index (χ1) is 17.2. The summed E-state index contributed by atoms with van der Waals surface area (Å²) in [6.45, 7) is 6.14. The van der Waals surface area contributed by atoms with Crippen molar-refractivity contribution >= 4 is 46.1 Å². The molecule has 1 aromatic heterocycles. The molecule has 1 aromatic carbocycles. The molecule has 2 aromatic rings. The molecular formula is C27H30N4O3S2. The highest BCUT2D eigenvalue weighted by atomic mass is 32.2. The minimum absolute atomic E-state index is 0.105. The van der Waals surface area contributed by atoms with E-state index in [2.05, 4.69) is 17.9 Å². The van der Waals surface area contributed by atoms with Gasteiger partial charge in [-0.2, -0.15) is 5.26 Å². The summed E-state index contributed by atoms with van der Waals surface area (Å²) in [7, 11) is 3.33. The quantitative estimate of drug-likeness (QED) is 0.414. The zero-order chi connectivity index (χ0) is 26.0. The number of hydrogen-bond donors (Lipinski definition) is 0. The van der Waals surface area contributed by atoms with Crippen LogP contribution in [0.4, 0.5) is 5.82 Å². The van der Waals surface area contributed by atoms with E-state index >= 15 is 0 Å². The monoisotopic (exact) mass is 522 g/mol. The van der Waals surface area contributed by atoms with Gasteiger partial charge >= 0.3 is 0 Å². The normalized spacial score (nSPS) is 17.7. The van der Waals surface area contributed by atoms with E-state index in [1.165, 1.54) is 11.8 Å². The molecule has 2 aliphatic rings. The summed E-state index contributed by atoms with van der Waals surface area (Å²) < 4.78 is 7.28. The van der Waals surface area contributed by atoms with Gasteiger partial charge in [0.05, 0.1) is 12.0 Å². The Morgan fingerprint density at radius 1 is 1.22 bits per heavy atom. The molecule has 0 saturated carbocycles. The fourth-order valence-electron chi connectivity index (χ4n) is 4.67. The minimum atomic E-state index is -0.312. The predicted molar refractivity (Wildman–Crippen MR) is 148 cm³/mol. The maximum atomic E-state index is 13.4. The lowest BCUT2D eigenvalue weighted by Crippen LogP contribution is -2.38. The molecule has 1 amide bonds. The number of hydrogen-bond acceptors (Lipinski definition) is 7. The van der Waals surface area contributed by atoms with E-state index in [0.29, 0.717) is 33.7 Å². The molecule has 4 rings (SSSR count). The van der Waals surface area contributed by atoms with Crippen molar-refractivity contribution in [2.75, 3.05) is 31.6 Å². The highest BCUT2D eigenvalue weighted by Crippen LogP contribution is 2.36. The Bertz CT molecular complexity index is 1320. The Kier molecular flexibility index (Phi) is 7.86. The van der Waals surface area contributed by atoms with Crippen molar-refractivity contribution < 1.29 is 9.53 Å². The molecule has 0 radical (unpaired) electrons. The second-order valence-electron chi connectivity index (χ2n) is 9.31. The van der Waals surface area contributed by atoms with E-state index in [1.54, 1.807) is 30.5 Å². The average molecular weight is 523 g/mol. The lowest BCUT2D eigenvalue weighted by Gasteiger charge is -2.34. The lowest BCUT2D eigenvalue weighted by atomic mass is 9.97. The standard InChI is InChI=1S/C27H30N4O3S2/c1-17-9-12-30(13-10-17)24-21(18(2)22(16-28)25(32)29(24)3)15-23-26(33)31(27(35)36-23)14-11-19-5-7-20(34-4)8-6-19/h5-8,15,17H,9-14H2,1-4H3. The topological polar surface area (TPSA) is 78.6 Å². The fraction of sp³-hybridized carbons (Fsp3) is 0.407. The van der Waals surface area contributed by atoms with Crippen LogP contribution in [0, 0.1) is 24.2 Å². The second kappa shape index (κ2) is 10.9. The number of benzene rings is 1. The van der Waals surface area contributed by atoms with Crippen molar-refractivity contribution in [3.8, 4) is 11.8 Å². The molecular weight excluding hydrogens is 492 g/mol. The van der Waals surface area contributed by atoms with Crippen LogP contribution in [-0.4, -0.2) is 46.4 Å². The van der Waals surface area contributed by atoms with E-state index < -0.39 is 0 Å². The zero-order valence-electron chi connectivity index (χ0n) is 21.0. The van der Waals surface area contributed by atoms with E-state index in [4.69, 9.17) is 17.0 Å². The fourth-order valence-corrected chi connectivity index (χ4v) is 5.96. The van der Waals surface area contributed by atoms with E-state index in [-0.39, 0.29) is 17.0 Å². The molecule has 2 fully saturated rings. The van der Waals surface area contributed by atoms with Gasteiger partial charge in [0.1, 0.15) is 27.5 Å². The number of thioether (sulfide) groups is 1. The minimum Gasteiger partial charge on any atom is -0.497 e. The van der Waals surface area contributed by atoms with Gasteiger partial charge in [-0.3, -0.25) is 19.1 Å². The largest absolute Gasteiger partial charge is 0.497 e. The first-order valence-corrected chi connectivity index (χ1v) is 13.2. The van der Waals surface area contributed by atoms with Crippen LogP contribution in [0.3, 0.4) is 0 Å². The van der Waals surface area contributed by atoms with Gasteiger partial charge in [0.2, 0.25) is 0 Å². The van der Waals surface area contributed by atoms with Crippen molar-refractivity contribution in [1.82, 2.24) is 9.47 Å². The molecule has 0 N–H and O–H groups in total. The molecule has 0 bridgehead atoms. The third-order valence-corrected chi connectivity index (χ3v) is 8.36. The summed E-state index contributed by atoms with van der Waals surface area (Å²) in [6, 6.07) is 9.83. The Balaban J connectivity index is 1.66. The first-order valence-electron chi connectivity index (χ1n) is 12.0. The number of methoxy groups -OCH3 is 1. The third-order valence-electron chi connectivity index (χ3n) is 6.98. The summed E-state index contributed by atoms with van der Waals surface area (Å²) >= 11 is 6.82. The van der Waals surface area contributed by atoms with Crippen LogP contribution < -0.4 is 15.2 Å². The number of nitriles is 1. The molecule has 36 heavy (non-hydrogen) atoms. The van der Waals surface area contributed by atoms with Gasteiger partial charge in [0, 0.05) is 32.2 Å². The highest BCUT2D eigenvalue weighted by Gasteiger charge is 2.33. The summed E-state index contributed by atoms with van der Waals surface area (Å²) in [5.74, 6) is 2.02. The van der Waals surface area contributed by atoms with Gasteiger partial charge in [-0.1, -0.05) is 43.0 Å². The molecule has 2 aliphatic heterocycles. The van der Waals surface area contributed by atoms with Gasteiger partial charge in [0.15, 0.2) is 0 Å². The number of anilines is 1. The third kappa shape index (κ3) is 5.06. The second-order valence-corrected chi connectivity index (χ2v) is 11.0. The zero-order valence-corrected chi connectivity index (χ0v) is 22.7. The Morgan fingerprint density at radius 2 is 1.89 bits per heavy atom. The molecule has 3 heterocycles. The van der Waals surface area contributed by atoms with Gasteiger partial charge in [0.25, 0.3) is 11.5 Å². The Labute approximate surface area is 221 Å². The van der Waals surface area contributed by atoms with Crippen LogP contribution in [0.2, 0.25) is 0 Å². The summed E-state index contributed by atoms with van der Waals surface area (Å²) in [5.41, 5.74) is 2.21. The lowest BCUT2D eigenvalue weighted by molar-refractivity contribution is -0.122. The maximum Gasteiger partial charge on any atom is 0.270 e. The Morgan fingerprint density at radius 3 is 2.50 bits per heavy atom. The van der Waals surface area contributed by atoms with Crippen molar-refractivity contribution in [3.05, 3.63) is 61.8 Å². The highest BCUT2D eigenvalue weighted by molar-refractivity contribution is 8.26. The molecule has 7 nitrogen and oxygen atoms in total. The number of amides is 1. The first kappa shape index (κ1) is 26.0. The summed E-state index contributed by atoms with van der Waals surface area (Å²) in [5, 5.41) is 9.69. The number of piperidine rings is 1. The summed E-state index contributed by atoms with van der Waals surface area (Å²) in [4.78, 5) is 30.7. The van der Waals surface area contributed by atoms with Gasteiger partial charge < -0.3 is 9.64 Å². The number of carbonyl (C=O) groups is 1. The Hall–Kier alpha value is -3.09. The van der Waals surface area contributed by atoms with Crippen LogP contribution in [0.25, 0.3) is 6.08 Å². The van der Waals surface area contributed by atoms with Gasteiger partial charge in [-0.25, -0.2) is 0 Å². The molecule has 9 heteroatoms. The van der Waals surface area contributed by atoms with Crippen molar-refractivity contribution in [3.63, 3.8) is 0 Å². The molecule has 0 atom stereocenters. The number of aromatic nitrogens is 1.